The summed E-state index contributed by atoms with van der Waals surface area (Å²) >= 11 is 0. The van der Waals surface area contributed by atoms with Gasteiger partial charge < -0.3 is 5.11 Å². The van der Waals surface area contributed by atoms with E-state index in [-0.39, 0.29) is 18.6 Å². The zero-order chi connectivity index (χ0) is 18.5. The SMILES string of the molecule is CC(CO)C(c1ccc2ccccc2c1)N(Cc1ccccc1)C(C)C. The number of aliphatic hydroxyl groups excluding tert-OH is 1. The molecular formula is C24H29NO. The Balaban J connectivity index is 2.01. The zero-order valence-electron chi connectivity index (χ0n) is 16.0. The Morgan fingerprint density at radius 3 is 2.12 bits per heavy atom. The summed E-state index contributed by atoms with van der Waals surface area (Å²) in [4.78, 5) is 2.50. The van der Waals surface area contributed by atoms with E-state index in [1.54, 1.807) is 0 Å². The fourth-order valence-electron chi connectivity index (χ4n) is 3.73. The van der Waals surface area contributed by atoms with Crippen LogP contribution in [0, 0.1) is 5.92 Å². The van der Waals surface area contributed by atoms with Crippen LogP contribution in [0.25, 0.3) is 10.8 Å². The van der Waals surface area contributed by atoms with Crippen LogP contribution in [-0.2, 0) is 6.54 Å². The van der Waals surface area contributed by atoms with Crippen LogP contribution in [0.1, 0.15) is 37.9 Å². The Morgan fingerprint density at radius 2 is 1.46 bits per heavy atom. The van der Waals surface area contributed by atoms with E-state index in [4.69, 9.17) is 0 Å². The molecule has 0 bridgehead atoms. The van der Waals surface area contributed by atoms with Crippen molar-refractivity contribution in [3.05, 3.63) is 83.9 Å². The smallest absolute Gasteiger partial charge is 0.0474 e. The maximum absolute atomic E-state index is 9.95. The van der Waals surface area contributed by atoms with Gasteiger partial charge >= 0.3 is 0 Å². The van der Waals surface area contributed by atoms with Crippen LogP contribution in [0.4, 0.5) is 0 Å². The van der Waals surface area contributed by atoms with E-state index in [2.05, 4.69) is 98.5 Å². The van der Waals surface area contributed by atoms with Gasteiger partial charge in [0.25, 0.3) is 0 Å². The van der Waals surface area contributed by atoms with Crippen molar-refractivity contribution in [1.29, 1.82) is 0 Å². The first-order valence-corrected chi connectivity index (χ1v) is 9.49. The molecule has 0 radical (unpaired) electrons. The summed E-state index contributed by atoms with van der Waals surface area (Å²) in [5.41, 5.74) is 2.58. The van der Waals surface area contributed by atoms with Gasteiger partial charge in [-0.3, -0.25) is 4.90 Å². The lowest BCUT2D eigenvalue weighted by Crippen LogP contribution is -2.38. The van der Waals surface area contributed by atoms with Crippen LogP contribution < -0.4 is 0 Å². The van der Waals surface area contributed by atoms with Crippen molar-refractivity contribution in [1.82, 2.24) is 4.90 Å². The molecule has 0 saturated carbocycles. The van der Waals surface area contributed by atoms with Gasteiger partial charge in [0.05, 0.1) is 0 Å². The van der Waals surface area contributed by atoms with E-state index in [1.165, 1.54) is 21.9 Å². The Bertz CT molecular complexity index is 828. The highest BCUT2D eigenvalue weighted by Crippen LogP contribution is 2.33. The highest BCUT2D eigenvalue weighted by atomic mass is 16.3. The lowest BCUT2D eigenvalue weighted by atomic mass is 9.90. The lowest BCUT2D eigenvalue weighted by molar-refractivity contribution is 0.0737. The highest BCUT2D eigenvalue weighted by molar-refractivity contribution is 5.83. The van der Waals surface area contributed by atoms with E-state index in [1.807, 2.05) is 0 Å². The molecule has 2 atom stereocenters. The Hall–Kier alpha value is -2.16. The van der Waals surface area contributed by atoms with Crippen molar-refractivity contribution in [3.8, 4) is 0 Å². The first-order chi connectivity index (χ1) is 12.6. The molecule has 0 aliphatic rings. The first-order valence-electron chi connectivity index (χ1n) is 9.49. The number of benzene rings is 3. The number of nitrogens with zero attached hydrogens (tertiary/aromatic N) is 1. The third kappa shape index (κ3) is 4.14. The summed E-state index contributed by atoms with van der Waals surface area (Å²) in [6, 6.07) is 26.3. The second kappa shape index (κ2) is 8.48. The maximum Gasteiger partial charge on any atom is 0.0474 e. The van der Waals surface area contributed by atoms with Crippen LogP contribution in [0.3, 0.4) is 0 Å². The number of hydrogen-bond donors (Lipinski definition) is 1. The number of rotatable bonds is 7. The minimum absolute atomic E-state index is 0.155. The molecule has 1 N–H and O–H groups in total. The summed E-state index contributed by atoms with van der Waals surface area (Å²) in [6.45, 7) is 7.66. The minimum Gasteiger partial charge on any atom is -0.396 e. The van der Waals surface area contributed by atoms with Gasteiger partial charge in [0, 0.05) is 25.2 Å². The highest BCUT2D eigenvalue weighted by Gasteiger charge is 2.28. The standard InChI is InChI=1S/C24H29NO/c1-18(2)25(16-20-9-5-4-6-10-20)24(19(3)17-26)23-14-13-21-11-7-8-12-22(21)15-23/h4-15,18-19,24,26H,16-17H2,1-3H3. The van der Waals surface area contributed by atoms with Gasteiger partial charge in [-0.2, -0.15) is 0 Å². The summed E-state index contributed by atoms with van der Waals surface area (Å²) in [5.74, 6) is 0.155. The van der Waals surface area contributed by atoms with Gasteiger partial charge in [-0.15, -0.1) is 0 Å². The van der Waals surface area contributed by atoms with Crippen molar-refractivity contribution in [3.63, 3.8) is 0 Å². The molecule has 0 heterocycles. The van der Waals surface area contributed by atoms with E-state index in [0.717, 1.165) is 6.54 Å². The normalized spacial score (nSPS) is 14.1. The fraction of sp³-hybridized carbons (Fsp3) is 0.333. The van der Waals surface area contributed by atoms with E-state index in [9.17, 15) is 5.11 Å². The monoisotopic (exact) mass is 347 g/mol. The van der Waals surface area contributed by atoms with Crippen LogP contribution in [0.15, 0.2) is 72.8 Å². The van der Waals surface area contributed by atoms with Gasteiger partial charge in [0.2, 0.25) is 0 Å². The molecule has 0 fully saturated rings. The summed E-state index contributed by atoms with van der Waals surface area (Å²) in [6.07, 6.45) is 0. The third-order valence-corrected chi connectivity index (χ3v) is 5.17. The van der Waals surface area contributed by atoms with E-state index in [0.29, 0.717) is 6.04 Å². The van der Waals surface area contributed by atoms with Crippen molar-refractivity contribution in [2.45, 2.75) is 39.4 Å². The quantitative estimate of drug-likeness (QED) is 0.617. The van der Waals surface area contributed by atoms with E-state index < -0.39 is 0 Å². The maximum atomic E-state index is 9.95. The van der Waals surface area contributed by atoms with Crippen LogP contribution in [0.5, 0.6) is 0 Å². The molecule has 3 aromatic rings. The molecule has 0 saturated heterocycles. The molecule has 0 spiro atoms. The molecule has 0 amide bonds. The largest absolute Gasteiger partial charge is 0.396 e. The Morgan fingerprint density at radius 1 is 0.808 bits per heavy atom. The van der Waals surface area contributed by atoms with E-state index >= 15 is 0 Å². The fourth-order valence-corrected chi connectivity index (χ4v) is 3.73. The Kier molecular flexibility index (Phi) is 6.08. The van der Waals surface area contributed by atoms with Gasteiger partial charge in [-0.05, 0) is 47.7 Å². The number of aliphatic hydroxyl groups is 1. The van der Waals surface area contributed by atoms with Crippen molar-refractivity contribution in [2.24, 2.45) is 5.92 Å². The predicted molar refractivity (Wildman–Crippen MR) is 110 cm³/mol. The molecule has 2 heteroatoms. The molecule has 26 heavy (non-hydrogen) atoms. The first kappa shape index (κ1) is 18.6. The van der Waals surface area contributed by atoms with Crippen LogP contribution >= 0.6 is 0 Å². The molecule has 136 valence electrons. The van der Waals surface area contributed by atoms with Gasteiger partial charge in [0.15, 0.2) is 0 Å². The Labute approximate surface area is 157 Å². The van der Waals surface area contributed by atoms with Gasteiger partial charge in [-0.1, -0.05) is 73.7 Å². The molecule has 0 aromatic heterocycles. The second-order valence-electron chi connectivity index (χ2n) is 7.46. The van der Waals surface area contributed by atoms with Crippen molar-refractivity contribution >= 4 is 10.8 Å². The van der Waals surface area contributed by atoms with Crippen molar-refractivity contribution < 1.29 is 5.11 Å². The molecule has 0 aliphatic heterocycles. The van der Waals surface area contributed by atoms with Gasteiger partial charge in [-0.25, -0.2) is 0 Å². The minimum atomic E-state index is 0.155. The number of fused-ring (bicyclic) bond motifs is 1. The zero-order valence-corrected chi connectivity index (χ0v) is 16.0. The third-order valence-electron chi connectivity index (χ3n) is 5.17. The molecular weight excluding hydrogens is 318 g/mol. The van der Waals surface area contributed by atoms with Crippen molar-refractivity contribution in [2.75, 3.05) is 6.61 Å². The predicted octanol–water partition coefficient (Wildman–Crippen LogP) is 5.42. The summed E-state index contributed by atoms with van der Waals surface area (Å²) in [7, 11) is 0. The second-order valence-corrected chi connectivity index (χ2v) is 7.46. The molecule has 2 unspecified atom stereocenters. The summed E-state index contributed by atoms with van der Waals surface area (Å²) in [5, 5.41) is 12.5. The van der Waals surface area contributed by atoms with Crippen LogP contribution in [0.2, 0.25) is 0 Å². The topological polar surface area (TPSA) is 23.5 Å². The molecule has 3 rings (SSSR count). The average molecular weight is 348 g/mol. The molecule has 3 aromatic carbocycles. The summed E-state index contributed by atoms with van der Waals surface area (Å²) < 4.78 is 0. The average Bonchev–Trinajstić information content (AvgIpc) is 2.67. The molecule has 2 nitrogen and oxygen atoms in total. The van der Waals surface area contributed by atoms with Crippen LogP contribution in [-0.4, -0.2) is 22.7 Å². The van der Waals surface area contributed by atoms with Gasteiger partial charge in [0.1, 0.15) is 0 Å². The molecule has 0 aliphatic carbocycles. The lowest BCUT2D eigenvalue weighted by Gasteiger charge is -2.38. The number of hydrogen-bond acceptors (Lipinski definition) is 2.